The van der Waals surface area contributed by atoms with Crippen LogP contribution in [-0.4, -0.2) is 56.4 Å². The number of halogens is 2. The average molecular weight is 594 g/mol. The van der Waals surface area contributed by atoms with Crippen LogP contribution in [0.15, 0.2) is 40.9 Å². The Bertz CT molecular complexity index is 1490. The standard InChI is InChI=1S/C34H41F2N3O4/c1-21-12-22(2)37-31(13-21)32(3,4)16-25(40)17-34(19-39(20-34)24-8-10-33(5,42)11-9-24)18-29(41)28-15-30(43-38-28)26-7-6-23(35)14-27(26)36/h6-7,12-15,24,42H,8-11,16-20H2,1-5H3. The Morgan fingerprint density at radius 2 is 1.77 bits per heavy atom. The van der Waals surface area contributed by atoms with Gasteiger partial charge in [-0.2, -0.15) is 0 Å². The van der Waals surface area contributed by atoms with Crippen molar-refractivity contribution in [1.29, 1.82) is 0 Å². The number of Topliss-reactive ketones (excluding diaryl/α,β-unsaturated/α-hetero) is 2. The molecular formula is C34H41F2N3O4. The number of benzene rings is 1. The number of carbonyl (C=O) groups excluding carboxylic acids is 2. The zero-order chi connectivity index (χ0) is 31.2. The number of aliphatic hydroxyl groups is 1. The van der Waals surface area contributed by atoms with Crippen molar-refractivity contribution >= 4 is 11.6 Å². The number of rotatable bonds is 10. The van der Waals surface area contributed by atoms with E-state index in [1.54, 1.807) is 0 Å². The van der Waals surface area contributed by atoms with Gasteiger partial charge in [0.05, 0.1) is 11.2 Å². The third kappa shape index (κ3) is 7.10. The van der Waals surface area contributed by atoms with Gasteiger partial charge in [0.2, 0.25) is 0 Å². The van der Waals surface area contributed by atoms with Crippen molar-refractivity contribution < 1.29 is 28.0 Å². The van der Waals surface area contributed by atoms with Gasteiger partial charge < -0.3 is 9.63 Å². The molecule has 230 valence electrons. The summed E-state index contributed by atoms with van der Waals surface area (Å²) in [6.07, 6.45) is 3.81. The summed E-state index contributed by atoms with van der Waals surface area (Å²) < 4.78 is 33.0. The first-order chi connectivity index (χ1) is 20.1. The van der Waals surface area contributed by atoms with Crippen LogP contribution in [-0.2, 0) is 10.2 Å². The average Bonchev–Trinajstić information content (AvgIpc) is 3.36. The Hall–Kier alpha value is -3.30. The Balaban J connectivity index is 1.32. The van der Waals surface area contributed by atoms with Crippen LogP contribution in [0.5, 0.6) is 0 Å². The highest BCUT2D eigenvalue weighted by atomic mass is 19.1. The van der Waals surface area contributed by atoms with Gasteiger partial charge in [-0.05, 0) is 76.3 Å². The third-order valence-corrected chi connectivity index (χ3v) is 9.16. The highest BCUT2D eigenvalue weighted by Crippen LogP contribution is 2.44. The maximum atomic E-state index is 14.3. The van der Waals surface area contributed by atoms with Crippen molar-refractivity contribution in [3.8, 4) is 11.3 Å². The molecule has 1 aliphatic carbocycles. The van der Waals surface area contributed by atoms with E-state index in [1.807, 2.05) is 46.8 Å². The van der Waals surface area contributed by atoms with Crippen molar-refractivity contribution in [1.82, 2.24) is 15.0 Å². The van der Waals surface area contributed by atoms with Gasteiger partial charge in [-0.25, -0.2) is 8.78 Å². The first-order valence-electron chi connectivity index (χ1n) is 15.0. The van der Waals surface area contributed by atoms with Crippen LogP contribution >= 0.6 is 0 Å². The number of ketones is 2. The molecule has 1 aliphatic heterocycles. The van der Waals surface area contributed by atoms with Crippen LogP contribution in [0.3, 0.4) is 0 Å². The molecule has 43 heavy (non-hydrogen) atoms. The highest BCUT2D eigenvalue weighted by Gasteiger charge is 2.49. The van der Waals surface area contributed by atoms with Gasteiger partial charge >= 0.3 is 0 Å². The second kappa shape index (κ2) is 11.7. The van der Waals surface area contributed by atoms with Crippen LogP contribution in [0.2, 0.25) is 0 Å². The van der Waals surface area contributed by atoms with E-state index in [4.69, 9.17) is 9.51 Å². The molecule has 3 heterocycles. The van der Waals surface area contributed by atoms with Crippen LogP contribution in [0.1, 0.15) is 93.2 Å². The van der Waals surface area contributed by atoms with E-state index in [9.17, 15) is 23.5 Å². The quantitative estimate of drug-likeness (QED) is 0.267. The molecule has 0 spiro atoms. The predicted octanol–water partition coefficient (Wildman–Crippen LogP) is 6.53. The van der Waals surface area contributed by atoms with E-state index in [-0.39, 0.29) is 41.4 Å². The summed E-state index contributed by atoms with van der Waals surface area (Å²) in [7, 11) is 0. The number of aromatic nitrogens is 2. The Morgan fingerprint density at radius 1 is 1.07 bits per heavy atom. The van der Waals surface area contributed by atoms with E-state index in [0.29, 0.717) is 25.6 Å². The molecule has 0 radical (unpaired) electrons. The fraction of sp³-hybridized carbons (Fsp3) is 0.529. The summed E-state index contributed by atoms with van der Waals surface area (Å²) in [5.41, 5.74) is 1.26. The summed E-state index contributed by atoms with van der Waals surface area (Å²) >= 11 is 0. The van der Waals surface area contributed by atoms with Crippen LogP contribution < -0.4 is 0 Å². The molecule has 2 aliphatic rings. The second-order valence-electron chi connectivity index (χ2n) is 13.9. The summed E-state index contributed by atoms with van der Waals surface area (Å²) in [5.74, 6) is -1.69. The van der Waals surface area contributed by atoms with Gasteiger partial charge in [-0.15, -0.1) is 0 Å². The van der Waals surface area contributed by atoms with Gasteiger partial charge in [0.25, 0.3) is 0 Å². The smallest absolute Gasteiger partial charge is 0.185 e. The molecule has 0 bridgehead atoms. The molecule has 1 N–H and O–H groups in total. The molecule has 0 amide bonds. The minimum atomic E-state index is -0.806. The van der Waals surface area contributed by atoms with Gasteiger partial charge in [0, 0.05) is 72.7 Å². The number of hydrogen-bond acceptors (Lipinski definition) is 7. The first-order valence-corrected chi connectivity index (χ1v) is 15.0. The normalized spacial score (nSPS) is 22.3. The lowest BCUT2D eigenvalue weighted by Crippen LogP contribution is -2.62. The molecule has 0 unspecified atom stereocenters. The molecule has 2 aromatic heterocycles. The SMILES string of the molecule is Cc1cc(C)nc(C(C)(C)CC(=O)CC2(CC(=O)c3cc(-c4ccc(F)cc4F)on3)CN(C3CCC(C)(O)CC3)C2)c1. The minimum Gasteiger partial charge on any atom is -0.390 e. The molecule has 2 fully saturated rings. The topological polar surface area (TPSA) is 96.5 Å². The van der Waals surface area contributed by atoms with Crippen molar-refractivity contribution in [2.24, 2.45) is 5.41 Å². The highest BCUT2D eigenvalue weighted by molar-refractivity contribution is 5.96. The summed E-state index contributed by atoms with van der Waals surface area (Å²) in [6, 6.07) is 8.83. The largest absolute Gasteiger partial charge is 0.390 e. The van der Waals surface area contributed by atoms with E-state index in [2.05, 4.69) is 10.1 Å². The van der Waals surface area contributed by atoms with Gasteiger partial charge in [0.15, 0.2) is 11.5 Å². The lowest BCUT2D eigenvalue weighted by atomic mass is 9.68. The molecule has 7 nitrogen and oxygen atoms in total. The maximum absolute atomic E-state index is 14.3. The van der Waals surface area contributed by atoms with E-state index >= 15 is 0 Å². The molecule has 9 heteroatoms. The number of hydrogen-bond donors (Lipinski definition) is 1. The van der Waals surface area contributed by atoms with Crippen molar-refractivity contribution in [2.75, 3.05) is 13.1 Å². The monoisotopic (exact) mass is 593 g/mol. The molecule has 1 aromatic carbocycles. The van der Waals surface area contributed by atoms with Gasteiger partial charge in [-0.1, -0.05) is 19.0 Å². The maximum Gasteiger partial charge on any atom is 0.185 e. The number of pyridine rings is 1. The summed E-state index contributed by atoms with van der Waals surface area (Å²) in [6.45, 7) is 11.1. The van der Waals surface area contributed by atoms with Crippen molar-refractivity contribution in [3.63, 3.8) is 0 Å². The third-order valence-electron chi connectivity index (χ3n) is 9.16. The molecule has 1 saturated heterocycles. The van der Waals surface area contributed by atoms with E-state index in [0.717, 1.165) is 54.8 Å². The zero-order valence-electron chi connectivity index (χ0n) is 25.7. The molecule has 3 aromatic rings. The Labute approximate surface area is 251 Å². The lowest BCUT2D eigenvalue weighted by Gasteiger charge is -2.54. The Morgan fingerprint density at radius 3 is 2.42 bits per heavy atom. The molecule has 1 saturated carbocycles. The summed E-state index contributed by atoms with van der Waals surface area (Å²) in [4.78, 5) is 34.2. The summed E-state index contributed by atoms with van der Waals surface area (Å²) in [5, 5.41) is 14.3. The fourth-order valence-corrected chi connectivity index (χ4v) is 6.86. The van der Waals surface area contributed by atoms with Gasteiger partial charge in [-0.3, -0.25) is 19.5 Å². The number of carbonyl (C=O) groups is 2. The molecular weight excluding hydrogens is 552 g/mol. The lowest BCUT2D eigenvalue weighted by molar-refractivity contribution is -0.128. The van der Waals surface area contributed by atoms with E-state index < -0.39 is 28.1 Å². The minimum absolute atomic E-state index is 0.0167. The number of likely N-dealkylation sites (tertiary alicyclic amines) is 1. The predicted molar refractivity (Wildman–Crippen MR) is 159 cm³/mol. The van der Waals surface area contributed by atoms with Gasteiger partial charge in [0.1, 0.15) is 23.1 Å². The van der Waals surface area contributed by atoms with E-state index in [1.165, 1.54) is 12.1 Å². The van der Waals surface area contributed by atoms with Crippen LogP contribution in [0, 0.1) is 30.9 Å². The fourth-order valence-electron chi connectivity index (χ4n) is 6.86. The molecule has 0 atom stereocenters. The number of aryl methyl sites for hydroxylation is 2. The zero-order valence-corrected chi connectivity index (χ0v) is 25.7. The van der Waals surface area contributed by atoms with Crippen molar-refractivity contribution in [2.45, 2.75) is 96.6 Å². The van der Waals surface area contributed by atoms with Crippen molar-refractivity contribution in [3.05, 3.63) is 70.7 Å². The second-order valence-corrected chi connectivity index (χ2v) is 13.9. The Kier molecular flexibility index (Phi) is 8.44. The van der Waals surface area contributed by atoms with Crippen LogP contribution in [0.25, 0.3) is 11.3 Å². The van der Waals surface area contributed by atoms with Crippen LogP contribution in [0.4, 0.5) is 8.78 Å². The first kappa shape index (κ1) is 31.1. The molecule has 5 rings (SSSR count). The number of nitrogens with zero attached hydrogens (tertiary/aromatic N) is 3.